The van der Waals surface area contributed by atoms with E-state index in [1.807, 2.05) is 29.2 Å². The predicted octanol–water partition coefficient (Wildman–Crippen LogP) is 1.38. The molecule has 6 nitrogen and oxygen atoms in total. The molecule has 0 bridgehead atoms. The van der Waals surface area contributed by atoms with Crippen LogP contribution < -0.4 is 10.1 Å². The lowest BCUT2D eigenvalue weighted by atomic mass is 10.1. The van der Waals surface area contributed by atoms with E-state index in [0.717, 1.165) is 37.2 Å². The van der Waals surface area contributed by atoms with Crippen LogP contribution in [0.3, 0.4) is 0 Å². The lowest BCUT2D eigenvalue weighted by Crippen LogP contribution is -2.33. The summed E-state index contributed by atoms with van der Waals surface area (Å²) in [5.74, 6) is 0.765. The van der Waals surface area contributed by atoms with Crippen molar-refractivity contribution in [2.45, 2.75) is 25.7 Å². The van der Waals surface area contributed by atoms with Crippen molar-refractivity contribution in [2.75, 3.05) is 40.0 Å². The number of hydrogen-bond donors (Lipinski definition) is 1. The maximum Gasteiger partial charge on any atom is 0.224 e. The Morgan fingerprint density at radius 1 is 1.21 bits per heavy atom. The Bertz CT molecular complexity index is 542. The highest BCUT2D eigenvalue weighted by atomic mass is 16.5. The van der Waals surface area contributed by atoms with Crippen LogP contribution in [-0.2, 0) is 20.7 Å². The highest BCUT2D eigenvalue weighted by molar-refractivity contribution is 5.80. The number of benzene rings is 1. The van der Waals surface area contributed by atoms with Crippen molar-refractivity contribution < 1.29 is 19.1 Å². The Kier molecular flexibility index (Phi) is 7.55. The summed E-state index contributed by atoms with van der Waals surface area (Å²) in [6, 6.07) is 7.45. The first kappa shape index (κ1) is 18.3. The number of amides is 2. The molecule has 6 heteroatoms. The van der Waals surface area contributed by atoms with Gasteiger partial charge in [-0.3, -0.25) is 9.59 Å². The fourth-order valence-corrected chi connectivity index (χ4v) is 2.67. The van der Waals surface area contributed by atoms with Crippen LogP contribution in [0.5, 0.6) is 5.75 Å². The zero-order chi connectivity index (χ0) is 17.2. The smallest absolute Gasteiger partial charge is 0.224 e. The van der Waals surface area contributed by atoms with Gasteiger partial charge in [0.25, 0.3) is 0 Å². The molecule has 0 atom stereocenters. The van der Waals surface area contributed by atoms with Crippen LogP contribution in [0.4, 0.5) is 0 Å². The topological polar surface area (TPSA) is 67.9 Å². The van der Waals surface area contributed by atoms with Crippen LogP contribution in [0.1, 0.15) is 24.8 Å². The maximum absolute atomic E-state index is 12.0. The summed E-state index contributed by atoms with van der Waals surface area (Å²) >= 11 is 0. The van der Waals surface area contributed by atoms with E-state index in [0.29, 0.717) is 26.2 Å². The molecule has 1 aromatic carbocycles. The maximum atomic E-state index is 12.0. The van der Waals surface area contributed by atoms with Gasteiger partial charge in [-0.15, -0.1) is 0 Å². The number of likely N-dealkylation sites (tertiary alicyclic amines) is 1. The monoisotopic (exact) mass is 334 g/mol. The lowest BCUT2D eigenvalue weighted by molar-refractivity contribution is -0.130. The molecule has 0 saturated carbocycles. The number of nitrogens with zero attached hydrogens (tertiary/aromatic N) is 1. The second-order valence-electron chi connectivity index (χ2n) is 5.85. The number of carbonyl (C=O) groups excluding carboxylic acids is 2. The molecule has 0 aromatic heterocycles. The summed E-state index contributed by atoms with van der Waals surface area (Å²) in [6.07, 6.45) is 2.81. The first-order chi connectivity index (χ1) is 11.7. The SMILES string of the molecule is COCCOc1cccc(CC(=O)NCCC(=O)N2CCCC2)c1. The molecule has 0 unspecified atom stereocenters. The van der Waals surface area contributed by atoms with Gasteiger partial charge in [0.15, 0.2) is 0 Å². The minimum Gasteiger partial charge on any atom is -0.491 e. The minimum absolute atomic E-state index is 0.0849. The first-order valence-corrected chi connectivity index (χ1v) is 8.44. The number of methoxy groups -OCH3 is 1. The fourth-order valence-electron chi connectivity index (χ4n) is 2.67. The van der Waals surface area contributed by atoms with E-state index < -0.39 is 0 Å². The van der Waals surface area contributed by atoms with Gasteiger partial charge in [-0.25, -0.2) is 0 Å². The predicted molar refractivity (Wildman–Crippen MR) is 91.0 cm³/mol. The summed E-state index contributed by atoms with van der Waals surface area (Å²) in [5, 5.41) is 2.81. The first-order valence-electron chi connectivity index (χ1n) is 8.44. The Morgan fingerprint density at radius 3 is 2.75 bits per heavy atom. The van der Waals surface area contributed by atoms with Crippen molar-refractivity contribution in [1.82, 2.24) is 10.2 Å². The summed E-state index contributed by atoms with van der Waals surface area (Å²) in [6.45, 7) is 3.09. The van der Waals surface area contributed by atoms with Crippen molar-refractivity contribution in [2.24, 2.45) is 0 Å². The van der Waals surface area contributed by atoms with Gasteiger partial charge in [-0.1, -0.05) is 12.1 Å². The van der Waals surface area contributed by atoms with Gasteiger partial charge in [-0.2, -0.15) is 0 Å². The molecular weight excluding hydrogens is 308 g/mol. The highest BCUT2D eigenvalue weighted by Crippen LogP contribution is 2.14. The van der Waals surface area contributed by atoms with Crippen LogP contribution in [0.25, 0.3) is 0 Å². The summed E-state index contributed by atoms with van der Waals surface area (Å²) in [4.78, 5) is 25.8. The number of carbonyl (C=O) groups is 2. The molecule has 1 aliphatic heterocycles. The number of rotatable bonds is 9. The van der Waals surface area contributed by atoms with E-state index in [9.17, 15) is 9.59 Å². The second-order valence-corrected chi connectivity index (χ2v) is 5.85. The molecule has 1 saturated heterocycles. The van der Waals surface area contributed by atoms with Gasteiger partial charge in [0.1, 0.15) is 12.4 Å². The zero-order valence-electron chi connectivity index (χ0n) is 14.3. The summed E-state index contributed by atoms with van der Waals surface area (Å²) in [5.41, 5.74) is 0.883. The zero-order valence-corrected chi connectivity index (χ0v) is 14.3. The van der Waals surface area contributed by atoms with Crippen molar-refractivity contribution in [3.8, 4) is 5.75 Å². The number of ether oxygens (including phenoxy) is 2. The van der Waals surface area contributed by atoms with E-state index in [2.05, 4.69) is 5.32 Å². The Morgan fingerprint density at radius 2 is 2.00 bits per heavy atom. The summed E-state index contributed by atoms with van der Waals surface area (Å²) < 4.78 is 10.5. The van der Waals surface area contributed by atoms with Crippen molar-refractivity contribution in [1.29, 1.82) is 0 Å². The molecule has 1 aliphatic rings. The van der Waals surface area contributed by atoms with Gasteiger partial charge in [-0.05, 0) is 30.5 Å². The average Bonchev–Trinajstić information content (AvgIpc) is 3.10. The van der Waals surface area contributed by atoms with Gasteiger partial charge in [0.2, 0.25) is 11.8 Å². The van der Waals surface area contributed by atoms with Crippen LogP contribution in [-0.4, -0.2) is 56.7 Å². The normalized spacial score (nSPS) is 13.8. The molecular formula is C18H26N2O4. The minimum atomic E-state index is -0.0849. The molecule has 1 aromatic rings. The third-order valence-electron chi connectivity index (χ3n) is 3.94. The molecule has 1 N–H and O–H groups in total. The average molecular weight is 334 g/mol. The van der Waals surface area contributed by atoms with Gasteiger partial charge < -0.3 is 19.7 Å². The van der Waals surface area contributed by atoms with E-state index in [4.69, 9.17) is 9.47 Å². The fraction of sp³-hybridized carbons (Fsp3) is 0.556. The van der Waals surface area contributed by atoms with Gasteiger partial charge in [0, 0.05) is 33.2 Å². The van der Waals surface area contributed by atoms with Crippen LogP contribution in [0.2, 0.25) is 0 Å². The molecule has 132 valence electrons. The molecule has 1 fully saturated rings. The van der Waals surface area contributed by atoms with Crippen molar-refractivity contribution in [3.63, 3.8) is 0 Å². The van der Waals surface area contributed by atoms with Crippen molar-refractivity contribution >= 4 is 11.8 Å². The quantitative estimate of drug-likeness (QED) is 0.693. The molecule has 2 amide bonds. The molecule has 0 spiro atoms. The van der Waals surface area contributed by atoms with E-state index >= 15 is 0 Å². The third-order valence-corrected chi connectivity index (χ3v) is 3.94. The Hall–Kier alpha value is -2.08. The van der Waals surface area contributed by atoms with Crippen molar-refractivity contribution in [3.05, 3.63) is 29.8 Å². The Balaban J connectivity index is 1.69. The van der Waals surface area contributed by atoms with Crippen LogP contribution >= 0.6 is 0 Å². The highest BCUT2D eigenvalue weighted by Gasteiger charge is 2.17. The Labute approximate surface area is 143 Å². The van der Waals surface area contributed by atoms with Gasteiger partial charge in [0.05, 0.1) is 13.0 Å². The molecule has 24 heavy (non-hydrogen) atoms. The third kappa shape index (κ3) is 6.20. The van der Waals surface area contributed by atoms with Crippen LogP contribution in [0.15, 0.2) is 24.3 Å². The van der Waals surface area contributed by atoms with Gasteiger partial charge >= 0.3 is 0 Å². The van der Waals surface area contributed by atoms with E-state index in [1.165, 1.54) is 0 Å². The number of hydrogen-bond acceptors (Lipinski definition) is 4. The van der Waals surface area contributed by atoms with Crippen LogP contribution in [0, 0.1) is 0 Å². The second kappa shape index (κ2) is 9.93. The summed E-state index contributed by atoms with van der Waals surface area (Å²) in [7, 11) is 1.62. The molecule has 2 rings (SSSR count). The molecule has 1 heterocycles. The van der Waals surface area contributed by atoms with E-state index in [-0.39, 0.29) is 18.2 Å². The number of nitrogens with one attached hydrogen (secondary N) is 1. The largest absolute Gasteiger partial charge is 0.491 e. The molecule has 0 radical (unpaired) electrons. The lowest BCUT2D eigenvalue weighted by Gasteiger charge is -2.15. The standard InChI is InChI=1S/C18H26N2O4/c1-23-11-12-24-16-6-4-5-15(13-16)14-17(21)19-8-7-18(22)20-9-2-3-10-20/h4-6,13H,2-3,7-12,14H2,1H3,(H,19,21). The molecule has 0 aliphatic carbocycles. The van der Waals surface area contributed by atoms with E-state index in [1.54, 1.807) is 7.11 Å².